The summed E-state index contributed by atoms with van der Waals surface area (Å²) in [6.45, 7) is 2.64. The van der Waals surface area contributed by atoms with Crippen molar-refractivity contribution in [3.05, 3.63) is 22.7 Å². The van der Waals surface area contributed by atoms with E-state index in [4.69, 9.17) is 21.1 Å². The third-order valence-corrected chi connectivity index (χ3v) is 6.15. The number of amides is 1. The van der Waals surface area contributed by atoms with Gasteiger partial charge in [-0.2, -0.15) is 0 Å². The highest BCUT2D eigenvalue weighted by Gasteiger charge is 2.39. The molecule has 23 heavy (non-hydrogen) atoms. The van der Waals surface area contributed by atoms with Crippen molar-refractivity contribution in [3.8, 4) is 11.5 Å². The van der Waals surface area contributed by atoms with E-state index in [0.717, 1.165) is 0 Å². The number of ether oxygens (including phenoxy) is 2. The molecule has 0 aliphatic carbocycles. The zero-order valence-corrected chi connectivity index (χ0v) is 14.3. The normalized spacial score (nSPS) is 25.1. The third-order valence-electron chi connectivity index (χ3n) is 3.97. The van der Waals surface area contributed by atoms with Gasteiger partial charge in [0.15, 0.2) is 21.3 Å². The Hall–Kier alpha value is -1.47. The lowest BCUT2D eigenvalue weighted by atomic mass is 10.0. The van der Waals surface area contributed by atoms with Crippen molar-refractivity contribution < 1.29 is 22.7 Å². The fourth-order valence-corrected chi connectivity index (χ4v) is 5.32. The summed E-state index contributed by atoms with van der Waals surface area (Å²) in [5, 5.41) is 3.23. The van der Waals surface area contributed by atoms with Gasteiger partial charge in [0.2, 0.25) is 5.91 Å². The molecule has 0 bridgehead atoms. The zero-order valence-electron chi connectivity index (χ0n) is 12.7. The van der Waals surface area contributed by atoms with Gasteiger partial charge in [-0.1, -0.05) is 11.6 Å². The summed E-state index contributed by atoms with van der Waals surface area (Å²) in [6.07, 6.45) is 0.537. The number of nitrogens with one attached hydrogen (secondary N) is 1. The number of hydrogen-bond acceptors (Lipinski definition) is 5. The van der Waals surface area contributed by atoms with Gasteiger partial charge in [-0.3, -0.25) is 4.79 Å². The molecule has 1 aromatic carbocycles. The molecule has 3 rings (SSSR count). The first kappa shape index (κ1) is 16.4. The van der Waals surface area contributed by atoms with Gasteiger partial charge in [-0.15, -0.1) is 0 Å². The molecule has 1 aromatic rings. The Morgan fingerprint density at radius 3 is 2.78 bits per heavy atom. The Balaban J connectivity index is 1.70. The van der Waals surface area contributed by atoms with Crippen LogP contribution in [0.5, 0.6) is 11.5 Å². The van der Waals surface area contributed by atoms with Crippen LogP contribution in [0.3, 0.4) is 0 Å². The molecule has 2 aliphatic rings. The molecule has 2 aliphatic heterocycles. The van der Waals surface area contributed by atoms with Crippen molar-refractivity contribution in [3.63, 3.8) is 0 Å². The van der Waals surface area contributed by atoms with Crippen molar-refractivity contribution >= 4 is 27.3 Å². The summed E-state index contributed by atoms with van der Waals surface area (Å²) in [7, 11) is -3.06. The summed E-state index contributed by atoms with van der Waals surface area (Å²) >= 11 is 6.15. The second kappa shape index (κ2) is 5.87. The average Bonchev–Trinajstić information content (AvgIpc) is 2.72. The molecular weight excluding hydrogens is 342 g/mol. The Labute approximate surface area is 140 Å². The first-order valence-electron chi connectivity index (χ1n) is 7.36. The van der Waals surface area contributed by atoms with Crippen LogP contribution in [0.25, 0.3) is 0 Å². The lowest BCUT2D eigenvalue weighted by Gasteiger charge is -2.24. The quantitative estimate of drug-likeness (QED) is 0.880. The van der Waals surface area contributed by atoms with Gasteiger partial charge in [0, 0.05) is 0 Å². The van der Waals surface area contributed by atoms with Gasteiger partial charge in [0.25, 0.3) is 0 Å². The van der Waals surface area contributed by atoms with E-state index >= 15 is 0 Å². The Morgan fingerprint density at radius 2 is 2.09 bits per heavy atom. The molecule has 2 heterocycles. The summed E-state index contributed by atoms with van der Waals surface area (Å²) in [5.41, 5.74) is -0.00530. The number of rotatable bonds is 3. The predicted octanol–water partition coefficient (Wildman–Crippen LogP) is 1.35. The maximum atomic E-state index is 12.2. The minimum absolute atomic E-state index is 0.0202. The Morgan fingerprint density at radius 1 is 1.35 bits per heavy atom. The van der Waals surface area contributed by atoms with Crippen LogP contribution >= 0.6 is 11.6 Å². The molecule has 8 heteroatoms. The van der Waals surface area contributed by atoms with E-state index in [1.54, 1.807) is 19.1 Å². The molecular formula is C15H18ClNO5S. The molecule has 0 saturated carbocycles. The summed E-state index contributed by atoms with van der Waals surface area (Å²) in [4.78, 5) is 12.2. The lowest BCUT2D eigenvalue weighted by Crippen LogP contribution is -2.47. The smallest absolute Gasteiger partial charge is 0.224 e. The van der Waals surface area contributed by atoms with Crippen LogP contribution in [-0.4, -0.2) is 44.6 Å². The van der Waals surface area contributed by atoms with Crippen molar-refractivity contribution in [2.45, 2.75) is 25.3 Å². The van der Waals surface area contributed by atoms with Crippen molar-refractivity contribution in [1.29, 1.82) is 0 Å². The van der Waals surface area contributed by atoms with Gasteiger partial charge in [-0.05, 0) is 31.0 Å². The number of halogens is 1. The second-order valence-electron chi connectivity index (χ2n) is 6.23. The summed E-state index contributed by atoms with van der Waals surface area (Å²) in [6, 6.07) is 3.40. The summed E-state index contributed by atoms with van der Waals surface area (Å²) < 4.78 is 34.1. The van der Waals surface area contributed by atoms with Crippen LogP contribution in [0, 0.1) is 0 Å². The Bertz CT molecular complexity index is 748. The number of benzene rings is 1. The topological polar surface area (TPSA) is 81.7 Å². The van der Waals surface area contributed by atoms with Crippen molar-refractivity contribution in [2.24, 2.45) is 0 Å². The fourth-order valence-electron chi connectivity index (χ4n) is 2.94. The molecule has 1 saturated heterocycles. The molecule has 1 N–H and O–H groups in total. The molecule has 6 nitrogen and oxygen atoms in total. The van der Waals surface area contributed by atoms with E-state index in [0.29, 0.717) is 41.7 Å². The molecule has 1 atom stereocenters. The van der Waals surface area contributed by atoms with E-state index in [-0.39, 0.29) is 23.8 Å². The molecule has 0 aromatic heterocycles. The molecule has 0 radical (unpaired) electrons. The monoisotopic (exact) mass is 359 g/mol. The van der Waals surface area contributed by atoms with Crippen LogP contribution in [0.4, 0.5) is 0 Å². The molecule has 126 valence electrons. The number of sulfone groups is 1. The van der Waals surface area contributed by atoms with Gasteiger partial charge < -0.3 is 14.8 Å². The molecule has 1 amide bonds. The third kappa shape index (κ3) is 3.72. The summed E-state index contributed by atoms with van der Waals surface area (Å²) in [5.74, 6) is 0.877. The maximum absolute atomic E-state index is 12.2. The number of hydrogen-bond donors (Lipinski definition) is 1. The zero-order chi connectivity index (χ0) is 16.7. The van der Waals surface area contributed by atoms with E-state index in [2.05, 4.69) is 5.32 Å². The van der Waals surface area contributed by atoms with E-state index < -0.39 is 15.4 Å². The van der Waals surface area contributed by atoms with Crippen LogP contribution in [0.1, 0.15) is 18.9 Å². The minimum Gasteiger partial charge on any atom is -0.486 e. The van der Waals surface area contributed by atoms with Crippen molar-refractivity contribution in [1.82, 2.24) is 5.32 Å². The predicted molar refractivity (Wildman–Crippen MR) is 86.0 cm³/mol. The van der Waals surface area contributed by atoms with Gasteiger partial charge in [0.1, 0.15) is 13.2 Å². The average molecular weight is 360 g/mol. The Kier molecular flexibility index (Phi) is 4.18. The van der Waals surface area contributed by atoms with Crippen LogP contribution in [0.15, 0.2) is 12.1 Å². The highest BCUT2D eigenvalue weighted by Crippen LogP contribution is 2.38. The van der Waals surface area contributed by atoms with Crippen LogP contribution in [-0.2, 0) is 21.1 Å². The lowest BCUT2D eigenvalue weighted by molar-refractivity contribution is -0.121. The standard InChI is InChI=1S/C15H18ClNO5S/c1-15(2-5-23(19,20)9-15)17-13(18)8-10-6-11(16)14-12(7-10)21-3-4-22-14/h6-7H,2-5,8-9H2,1H3,(H,17,18)/t15-/m0/s1. The maximum Gasteiger partial charge on any atom is 0.224 e. The number of fused-ring (bicyclic) bond motifs is 1. The number of carbonyl (C=O) groups is 1. The van der Waals surface area contributed by atoms with Crippen LogP contribution < -0.4 is 14.8 Å². The second-order valence-corrected chi connectivity index (χ2v) is 8.82. The van der Waals surface area contributed by atoms with Gasteiger partial charge in [0.05, 0.1) is 28.5 Å². The molecule has 1 fully saturated rings. The van der Waals surface area contributed by atoms with E-state index in [9.17, 15) is 13.2 Å². The highest BCUT2D eigenvalue weighted by molar-refractivity contribution is 7.91. The van der Waals surface area contributed by atoms with E-state index in [1.165, 1.54) is 0 Å². The van der Waals surface area contributed by atoms with E-state index in [1.807, 2.05) is 0 Å². The fraction of sp³-hybridized carbons (Fsp3) is 0.533. The van der Waals surface area contributed by atoms with Crippen LogP contribution in [0.2, 0.25) is 5.02 Å². The molecule has 0 unspecified atom stereocenters. The highest BCUT2D eigenvalue weighted by atomic mass is 35.5. The van der Waals surface area contributed by atoms with Gasteiger partial charge in [-0.25, -0.2) is 8.42 Å². The van der Waals surface area contributed by atoms with Gasteiger partial charge >= 0.3 is 0 Å². The number of carbonyl (C=O) groups excluding carboxylic acids is 1. The first-order valence-corrected chi connectivity index (χ1v) is 9.56. The minimum atomic E-state index is -3.06. The molecule has 0 spiro atoms. The van der Waals surface area contributed by atoms with Crippen molar-refractivity contribution in [2.75, 3.05) is 24.7 Å². The largest absolute Gasteiger partial charge is 0.486 e. The SMILES string of the molecule is C[C@]1(NC(=O)Cc2cc(Cl)c3c(c2)OCCO3)CCS(=O)(=O)C1. The first-order chi connectivity index (χ1) is 10.8.